The van der Waals surface area contributed by atoms with Crippen LogP contribution in [-0.4, -0.2) is 96.6 Å². The third-order valence-electron chi connectivity index (χ3n) is 8.41. The number of carbonyl (C=O) groups is 5. The SMILES string of the molecule is COc1ccc2cc1Oc1cccc(OC)c1CNC(=O)[C@@H](C(C)C)NC(=O)[C@H]([C@@H](C)O)NC(=O)CN(C(=O)c1ccncc1)CCCCNC2=O. The van der Waals surface area contributed by atoms with Crippen LogP contribution in [0, 0.1) is 5.92 Å². The van der Waals surface area contributed by atoms with Crippen LogP contribution in [0.5, 0.6) is 23.0 Å². The Balaban J connectivity index is 1.68. The van der Waals surface area contributed by atoms with E-state index in [1.54, 1.807) is 50.2 Å². The number of carbonyl (C=O) groups excluding carboxylic acids is 5. The summed E-state index contributed by atoms with van der Waals surface area (Å²) in [6.45, 7) is 4.74. The van der Waals surface area contributed by atoms with Crippen molar-refractivity contribution in [3.05, 3.63) is 77.6 Å². The van der Waals surface area contributed by atoms with Crippen LogP contribution in [0.25, 0.3) is 0 Å². The third kappa shape index (κ3) is 10.2. The van der Waals surface area contributed by atoms with Gasteiger partial charge in [0.2, 0.25) is 17.7 Å². The highest BCUT2D eigenvalue weighted by Gasteiger charge is 2.32. The van der Waals surface area contributed by atoms with Crippen molar-refractivity contribution in [3.63, 3.8) is 0 Å². The number of aliphatic hydroxyl groups excluding tert-OH is 1. The molecule has 2 aromatic carbocycles. The predicted molar refractivity (Wildman–Crippen MR) is 190 cm³/mol. The van der Waals surface area contributed by atoms with Gasteiger partial charge in [-0.1, -0.05) is 19.9 Å². The van der Waals surface area contributed by atoms with E-state index in [0.29, 0.717) is 46.8 Å². The third-order valence-corrected chi connectivity index (χ3v) is 8.41. The zero-order valence-electron chi connectivity index (χ0n) is 29.9. The van der Waals surface area contributed by atoms with Gasteiger partial charge in [0.05, 0.1) is 39.0 Å². The van der Waals surface area contributed by atoms with E-state index in [4.69, 9.17) is 14.2 Å². The summed E-state index contributed by atoms with van der Waals surface area (Å²) < 4.78 is 17.3. The number of pyridine rings is 1. The van der Waals surface area contributed by atoms with Crippen LogP contribution in [0.2, 0.25) is 0 Å². The normalized spacial score (nSPS) is 18.8. The maximum Gasteiger partial charge on any atom is 0.254 e. The highest BCUT2D eigenvalue weighted by Crippen LogP contribution is 2.37. The molecule has 0 fully saturated rings. The number of benzene rings is 2. The lowest BCUT2D eigenvalue weighted by atomic mass is 10.0. The van der Waals surface area contributed by atoms with Crippen LogP contribution in [0.15, 0.2) is 60.9 Å². The zero-order chi connectivity index (χ0) is 37.8. The number of methoxy groups -OCH3 is 2. The topological polar surface area (TPSA) is 198 Å². The fraction of sp³-hybridized carbons (Fsp3) is 0.405. The Morgan fingerprint density at radius 2 is 1.62 bits per heavy atom. The van der Waals surface area contributed by atoms with E-state index >= 15 is 0 Å². The van der Waals surface area contributed by atoms with Crippen molar-refractivity contribution < 1.29 is 43.3 Å². The Kier molecular flexibility index (Phi) is 13.9. The molecule has 2 heterocycles. The molecule has 5 amide bonds. The average molecular weight is 719 g/mol. The minimum absolute atomic E-state index is 0.0718. The van der Waals surface area contributed by atoms with Crippen molar-refractivity contribution in [1.82, 2.24) is 31.2 Å². The van der Waals surface area contributed by atoms with Gasteiger partial charge in [0.15, 0.2) is 11.5 Å². The molecule has 1 aromatic heterocycles. The Morgan fingerprint density at radius 1 is 0.885 bits per heavy atom. The molecule has 0 radical (unpaired) electrons. The van der Waals surface area contributed by atoms with Gasteiger partial charge in [-0.2, -0.15) is 0 Å². The van der Waals surface area contributed by atoms with Crippen LogP contribution >= 0.6 is 0 Å². The molecular formula is C37H46N6O9. The summed E-state index contributed by atoms with van der Waals surface area (Å²) in [5, 5.41) is 21.4. The van der Waals surface area contributed by atoms with Crippen molar-refractivity contribution in [1.29, 1.82) is 0 Å². The van der Waals surface area contributed by atoms with E-state index < -0.39 is 54.3 Å². The number of nitrogens with one attached hydrogen (secondary N) is 4. The van der Waals surface area contributed by atoms with E-state index in [2.05, 4.69) is 26.3 Å². The molecule has 0 spiro atoms. The molecule has 1 aliphatic rings. The molecule has 4 rings (SSSR count). The summed E-state index contributed by atoms with van der Waals surface area (Å²) >= 11 is 0. The number of nitrogens with zero attached hydrogens (tertiary/aromatic N) is 2. The minimum Gasteiger partial charge on any atom is -0.496 e. The quantitative estimate of drug-likeness (QED) is 0.261. The molecule has 278 valence electrons. The van der Waals surface area contributed by atoms with Crippen LogP contribution in [-0.2, 0) is 20.9 Å². The highest BCUT2D eigenvalue weighted by molar-refractivity contribution is 5.98. The summed E-state index contributed by atoms with van der Waals surface area (Å²) in [5.41, 5.74) is 1.09. The largest absolute Gasteiger partial charge is 0.496 e. The van der Waals surface area contributed by atoms with Gasteiger partial charge >= 0.3 is 0 Å². The van der Waals surface area contributed by atoms with Gasteiger partial charge in [-0.25, -0.2) is 0 Å². The van der Waals surface area contributed by atoms with Crippen LogP contribution in [0.4, 0.5) is 0 Å². The Hall–Kier alpha value is -5.70. The van der Waals surface area contributed by atoms with E-state index in [-0.39, 0.29) is 31.3 Å². The van der Waals surface area contributed by atoms with Crippen molar-refractivity contribution in [2.75, 3.05) is 33.9 Å². The fourth-order valence-corrected chi connectivity index (χ4v) is 5.55. The summed E-state index contributed by atoms with van der Waals surface area (Å²) in [6, 6.07) is 10.4. The van der Waals surface area contributed by atoms with Crippen molar-refractivity contribution in [2.45, 2.75) is 58.3 Å². The number of aromatic nitrogens is 1. The van der Waals surface area contributed by atoms with Gasteiger partial charge in [0, 0.05) is 36.6 Å². The van der Waals surface area contributed by atoms with Crippen molar-refractivity contribution >= 4 is 29.5 Å². The monoisotopic (exact) mass is 718 g/mol. The summed E-state index contributed by atoms with van der Waals surface area (Å²) in [4.78, 5) is 72.3. The van der Waals surface area contributed by atoms with E-state index in [9.17, 15) is 29.1 Å². The molecule has 0 saturated heterocycles. The average Bonchev–Trinajstić information content (AvgIpc) is 3.13. The van der Waals surface area contributed by atoms with Crippen LogP contribution in [0.1, 0.15) is 59.9 Å². The number of hydrogen-bond donors (Lipinski definition) is 5. The van der Waals surface area contributed by atoms with Crippen LogP contribution in [0.3, 0.4) is 0 Å². The number of ether oxygens (including phenoxy) is 3. The maximum atomic E-state index is 13.6. The van der Waals surface area contributed by atoms with Gasteiger partial charge in [0.1, 0.15) is 23.6 Å². The van der Waals surface area contributed by atoms with E-state index in [0.717, 1.165) is 0 Å². The van der Waals surface area contributed by atoms with Gasteiger partial charge in [0.25, 0.3) is 11.8 Å². The minimum atomic E-state index is -1.43. The zero-order valence-corrected chi connectivity index (χ0v) is 29.9. The number of fused-ring (bicyclic) bond motifs is 3. The van der Waals surface area contributed by atoms with Gasteiger partial charge in [-0.05, 0) is 68.1 Å². The van der Waals surface area contributed by atoms with Crippen LogP contribution < -0.4 is 35.5 Å². The molecule has 15 nitrogen and oxygen atoms in total. The molecule has 3 atom stereocenters. The molecule has 52 heavy (non-hydrogen) atoms. The van der Waals surface area contributed by atoms with Gasteiger partial charge in [-0.3, -0.25) is 29.0 Å². The van der Waals surface area contributed by atoms with Crippen molar-refractivity contribution in [3.8, 4) is 23.0 Å². The fourth-order valence-electron chi connectivity index (χ4n) is 5.55. The molecule has 0 aliphatic carbocycles. The van der Waals surface area contributed by atoms with Crippen molar-refractivity contribution in [2.24, 2.45) is 5.92 Å². The Bertz CT molecular complexity index is 1730. The molecule has 15 heteroatoms. The summed E-state index contributed by atoms with van der Waals surface area (Å²) in [5.74, 6) is -1.89. The molecule has 2 bridgehead atoms. The predicted octanol–water partition coefficient (Wildman–Crippen LogP) is 2.18. The number of hydrogen-bond acceptors (Lipinski definition) is 10. The molecular weight excluding hydrogens is 672 g/mol. The van der Waals surface area contributed by atoms with E-state index in [1.165, 1.54) is 50.6 Å². The second-order valence-electron chi connectivity index (χ2n) is 12.6. The first kappa shape index (κ1) is 39.1. The molecule has 5 N–H and O–H groups in total. The summed E-state index contributed by atoms with van der Waals surface area (Å²) in [7, 11) is 2.95. The maximum absolute atomic E-state index is 13.6. The Morgan fingerprint density at radius 3 is 2.29 bits per heavy atom. The first-order valence-corrected chi connectivity index (χ1v) is 17.0. The van der Waals surface area contributed by atoms with E-state index in [1.807, 2.05) is 0 Å². The first-order chi connectivity index (χ1) is 24.9. The lowest BCUT2D eigenvalue weighted by molar-refractivity contribution is -0.135. The Labute approximate surface area is 302 Å². The molecule has 3 aromatic rings. The number of amides is 5. The molecule has 0 saturated carbocycles. The lowest BCUT2D eigenvalue weighted by Gasteiger charge is -2.28. The highest BCUT2D eigenvalue weighted by atomic mass is 16.5. The lowest BCUT2D eigenvalue weighted by Crippen LogP contribution is -2.59. The summed E-state index contributed by atoms with van der Waals surface area (Å²) in [6.07, 6.45) is 2.47. The second kappa shape index (κ2) is 18.5. The molecule has 0 unspecified atom stereocenters. The number of rotatable bonds is 5. The standard InChI is InChI=1S/C37H46N6O9/c1-22(2)32-35(47)40-20-26-27(50-4)9-8-10-28(26)52-30-19-25(11-12-29(30)51-5)34(46)39-15-6-7-18-43(37(49)24-13-16-38-17-14-24)21-31(45)41-33(23(3)44)36(48)42-32/h8-14,16-17,19,22-23,32-33,44H,6-7,15,18,20-21H2,1-5H3,(H,39,46)(H,40,47)(H,41,45)(H,42,48)/t23-,32-,33+/m1/s1. The van der Waals surface area contributed by atoms with Gasteiger partial charge < -0.3 is 45.5 Å². The first-order valence-electron chi connectivity index (χ1n) is 17.0. The second-order valence-corrected chi connectivity index (χ2v) is 12.6. The number of aliphatic hydroxyl groups is 1. The van der Waals surface area contributed by atoms with Gasteiger partial charge in [-0.15, -0.1) is 0 Å². The smallest absolute Gasteiger partial charge is 0.254 e. The molecule has 1 aliphatic heterocycles.